The van der Waals surface area contributed by atoms with Gasteiger partial charge in [0, 0.05) is 23.2 Å². The summed E-state index contributed by atoms with van der Waals surface area (Å²) in [4.78, 5) is 0. The van der Waals surface area contributed by atoms with Crippen LogP contribution in [0.1, 0.15) is 19.4 Å². The molecule has 0 spiro atoms. The Hall–Kier alpha value is -1.29. The Balaban J connectivity index is 2.29. The number of hydrogen-bond donors (Lipinski definition) is 1. The Morgan fingerprint density at radius 2 is 1.90 bits per heavy atom. The summed E-state index contributed by atoms with van der Waals surface area (Å²) < 4.78 is 19.6. The fourth-order valence-electron chi connectivity index (χ4n) is 1.76. The van der Waals surface area contributed by atoms with Crippen LogP contribution in [0, 0.1) is 5.82 Å². The first-order valence-electron chi connectivity index (χ1n) is 6.61. The lowest BCUT2D eigenvalue weighted by Gasteiger charge is -2.14. The fourth-order valence-corrected chi connectivity index (χ4v) is 2.09. The Bertz CT molecular complexity index is 632. The van der Waals surface area contributed by atoms with E-state index >= 15 is 0 Å². The molecule has 21 heavy (non-hydrogen) atoms. The number of rotatable bonds is 5. The smallest absolute Gasteiger partial charge is 0.184 e. The minimum atomic E-state index is -0.582. The van der Waals surface area contributed by atoms with E-state index in [9.17, 15) is 4.39 Å². The summed E-state index contributed by atoms with van der Waals surface area (Å²) in [7, 11) is 0. The van der Waals surface area contributed by atoms with Crippen LogP contribution in [-0.2, 0) is 6.54 Å². The number of nitrogens with one attached hydrogen (secondary N) is 1. The quantitative estimate of drug-likeness (QED) is 0.791. The summed E-state index contributed by atoms with van der Waals surface area (Å²) in [6.07, 6.45) is 0. The molecule has 5 heteroatoms. The molecule has 2 aromatic rings. The average Bonchev–Trinajstić information content (AvgIpc) is 2.43. The lowest BCUT2D eigenvalue weighted by atomic mass is 10.2. The summed E-state index contributed by atoms with van der Waals surface area (Å²) >= 11 is 11.8. The Labute approximate surface area is 133 Å². The minimum Gasteiger partial charge on any atom is -0.454 e. The predicted octanol–water partition coefficient (Wildman–Crippen LogP) is 5.42. The largest absolute Gasteiger partial charge is 0.454 e. The van der Waals surface area contributed by atoms with Gasteiger partial charge in [0.05, 0.1) is 5.02 Å². The van der Waals surface area contributed by atoms with Crippen LogP contribution in [0.3, 0.4) is 0 Å². The van der Waals surface area contributed by atoms with Gasteiger partial charge in [-0.25, -0.2) is 4.39 Å². The fraction of sp³-hybridized carbons (Fsp3) is 0.250. The van der Waals surface area contributed by atoms with Gasteiger partial charge in [0.15, 0.2) is 11.6 Å². The Kier molecular flexibility index (Phi) is 5.45. The maximum absolute atomic E-state index is 13.9. The molecule has 0 radical (unpaired) electrons. The Morgan fingerprint density at radius 1 is 1.14 bits per heavy atom. The lowest BCUT2D eigenvalue weighted by Crippen LogP contribution is -2.22. The molecule has 0 saturated carbocycles. The van der Waals surface area contributed by atoms with Gasteiger partial charge in [0.25, 0.3) is 0 Å². The summed E-state index contributed by atoms with van der Waals surface area (Å²) in [6.45, 7) is 4.70. The molecule has 112 valence electrons. The van der Waals surface area contributed by atoms with Gasteiger partial charge in [-0.15, -0.1) is 0 Å². The van der Waals surface area contributed by atoms with Crippen molar-refractivity contribution in [3.8, 4) is 11.5 Å². The van der Waals surface area contributed by atoms with Crippen LogP contribution in [0.25, 0.3) is 0 Å². The highest BCUT2D eigenvalue weighted by Gasteiger charge is 2.12. The zero-order valence-electron chi connectivity index (χ0n) is 11.8. The van der Waals surface area contributed by atoms with Crippen LogP contribution >= 0.6 is 23.2 Å². The monoisotopic (exact) mass is 327 g/mol. The summed E-state index contributed by atoms with van der Waals surface area (Å²) in [5, 5.41) is 3.84. The van der Waals surface area contributed by atoms with E-state index in [4.69, 9.17) is 27.9 Å². The van der Waals surface area contributed by atoms with Crippen LogP contribution in [0.15, 0.2) is 36.4 Å². The predicted molar refractivity (Wildman–Crippen MR) is 84.9 cm³/mol. The van der Waals surface area contributed by atoms with Crippen LogP contribution in [0.5, 0.6) is 11.5 Å². The van der Waals surface area contributed by atoms with Crippen molar-refractivity contribution < 1.29 is 9.13 Å². The van der Waals surface area contributed by atoms with Gasteiger partial charge in [-0.1, -0.05) is 49.2 Å². The SMILES string of the molecule is CC(C)NCc1ccc(Cl)cc1Oc1cccc(Cl)c1F. The van der Waals surface area contributed by atoms with Crippen LogP contribution in [0.2, 0.25) is 10.0 Å². The van der Waals surface area contributed by atoms with E-state index in [1.54, 1.807) is 18.2 Å². The van der Waals surface area contributed by atoms with E-state index in [-0.39, 0.29) is 10.8 Å². The third-order valence-corrected chi connectivity index (χ3v) is 3.39. The summed E-state index contributed by atoms with van der Waals surface area (Å²) in [5.74, 6) is 0.00860. The van der Waals surface area contributed by atoms with Gasteiger partial charge in [0.1, 0.15) is 5.75 Å². The van der Waals surface area contributed by atoms with E-state index in [0.717, 1.165) is 5.56 Å². The van der Waals surface area contributed by atoms with Gasteiger partial charge in [-0.3, -0.25) is 0 Å². The topological polar surface area (TPSA) is 21.3 Å². The molecule has 0 bridgehead atoms. The number of benzene rings is 2. The molecular formula is C16H16Cl2FNO. The van der Waals surface area contributed by atoms with Crippen LogP contribution in [0.4, 0.5) is 4.39 Å². The van der Waals surface area contributed by atoms with Crippen molar-refractivity contribution >= 4 is 23.2 Å². The third kappa shape index (κ3) is 4.34. The molecule has 0 aromatic heterocycles. The van der Waals surface area contributed by atoms with Crippen molar-refractivity contribution in [2.45, 2.75) is 26.4 Å². The molecule has 0 aliphatic heterocycles. The second-order valence-electron chi connectivity index (χ2n) is 4.94. The standard InChI is InChI=1S/C16H16Cl2FNO/c1-10(2)20-9-11-6-7-12(17)8-15(11)21-14-5-3-4-13(18)16(14)19/h3-8,10,20H,9H2,1-2H3. The van der Waals surface area contributed by atoms with Crippen molar-refractivity contribution in [3.63, 3.8) is 0 Å². The van der Waals surface area contributed by atoms with Crippen LogP contribution < -0.4 is 10.1 Å². The van der Waals surface area contributed by atoms with Crippen molar-refractivity contribution in [1.29, 1.82) is 0 Å². The molecule has 0 fully saturated rings. The van der Waals surface area contributed by atoms with Crippen molar-refractivity contribution in [1.82, 2.24) is 5.32 Å². The zero-order valence-corrected chi connectivity index (χ0v) is 13.3. The molecule has 0 atom stereocenters. The van der Waals surface area contributed by atoms with Gasteiger partial charge in [0.2, 0.25) is 0 Å². The highest BCUT2D eigenvalue weighted by Crippen LogP contribution is 2.32. The molecule has 0 unspecified atom stereocenters. The Morgan fingerprint density at radius 3 is 2.62 bits per heavy atom. The van der Waals surface area contributed by atoms with Gasteiger partial charge < -0.3 is 10.1 Å². The molecule has 2 aromatic carbocycles. The molecule has 2 rings (SSSR count). The number of ether oxygens (including phenoxy) is 1. The molecule has 1 N–H and O–H groups in total. The van der Waals surface area contributed by atoms with Crippen molar-refractivity contribution in [3.05, 3.63) is 57.8 Å². The average molecular weight is 328 g/mol. The molecular weight excluding hydrogens is 312 g/mol. The zero-order chi connectivity index (χ0) is 15.4. The second kappa shape index (κ2) is 7.12. The van der Waals surface area contributed by atoms with E-state index in [1.807, 2.05) is 19.9 Å². The van der Waals surface area contributed by atoms with E-state index in [2.05, 4.69) is 5.32 Å². The van der Waals surface area contributed by atoms with Crippen molar-refractivity contribution in [2.24, 2.45) is 0 Å². The van der Waals surface area contributed by atoms with Crippen LogP contribution in [-0.4, -0.2) is 6.04 Å². The molecule has 0 saturated heterocycles. The van der Waals surface area contributed by atoms with Gasteiger partial charge in [-0.05, 0) is 24.3 Å². The van der Waals surface area contributed by atoms with Crippen molar-refractivity contribution in [2.75, 3.05) is 0 Å². The van der Waals surface area contributed by atoms with E-state index in [0.29, 0.717) is 23.4 Å². The highest BCUT2D eigenvalue weighted by atomic mass is 35.5. The lowest BCUT2D eigenvalue weighted by molar-refractivity contribution is 0.434. The first-order chi connectivity index (χ1) is 9.97. The van der Waals surface area contributed by atoms with E-state index < -0.39 is 5.82 Å². The maximum atomic E-state index is 13.9. The summed E-state index contributed by atoms with van der Waals surface area (Å²) in [5.41, 5.74) is 0.896. The first-order valence-corrected chi connectivity index (χ1v) is 7.36. The van der Waals surface area contributed by atoms with Gasteiger partial charge in [-0.2, -0.15) is 0 Å². The molecule has 0 heterocycles. The second-order valence-corrected chi connectivity index (χ2v) is 5.79. The van der Waals surface area contributed by atoms with E-state index in [1.165, 1.54) is 12.1 Å². The normalized spacial score (nSPS) is 11.0. The first kappa shape index (κ1) is 16.1. The number of halogens is 3. The maximum Gasteiger partial charge on any atom is 0.184 e. The molecule has 0 aliphatic rings. The van der Waals surface area contributed by atoms with Gasteiger partial charge >= 0.3 is 0 Å². The third-order valence-electron chi connectivity index (χ3n) is 2.87. The number of hydrogen-bond acceptors (Lipinski definition) is 2. The highest BCUT2D eigenvalue weighted by molar-refractivity contribution is 6.31. The summed E-state index contributed by atoms with van der Waals surface area (Å²) in [6, 6.07) is 10.3. The molecule has 0 aliphatic carbocycles. The molecule has 2 nitrogen and oxygen atoms in total. The molecule has 0 amide bonds. The minimum absolute atomic E-state index is 0.0244.